The number of nitrogens with one attached hydrogen (secondary N) is 1. The predicted octanol–water partition coefficient (Wildman–Crippen LogP) is 0.890. The third-order valence-electron chi connectivity index (χ3n) is 2.11. The molecule has 0 radical (unpaired) electrons. The van der Waals surface area contributed by atoms with E-state index in [4.69, 9.17) is 11.6 Å². The van der Waals surface area contributed by atoms with Gasteiger partial charge in [0.2, 0.25) is 0 Å². The topological polar surface area (TPSA) is 86.4 Å². The number of carbonyl (C=O) groups is 1. The van der Waals surface area contributed by atoms with Crippen LogP contribution in [-0.2, 0) is 4.79 Å². The molecular formula is C11H9ClN4O2. The van der Waals surface area contributed by atoms with Gasteiger partial charge in [-0.05, 0) is 17.7 Å². The van der Waals surface area contributed by atoms with E-state index >= 15 is 0 Å². The van der Waals surface area contributed by atoms with Crippen LogP contribution in [0.4, 0.5) is 0 Å². The Morgan fingerprint density at radius 1 is 1.50 bits per heavy atom. The van der Waals surface area contributed by atoms with Crippen molar-refractivity contribution in [2.24, 2.45) is 15.3 Å². The highest BCUT2D eigenvalue weighted by atomic mass is 35.5. The molecule has 0 aromatic heterocycles. The number of hydrogen-bond donors (Lipinski definition) is 2. The van der Waals surface area contributed by atoms with Crippen molar-refractivity contribution in [1.82, 2.24) is 5.43 Å². The lowest BCUT2D eigenvalue weighted by Crippen LogP contribution is -2.38. The van der Waals surface area contributed by atoms with E-state index < -0.39 is 11.3 Å². The van der Waals surface area contributed by atoms with Crippen LogP contribution in [0.25, 0.3) is 0 Å². The summed E-state index contributed by atoms with van der Waals surface area (Å²) in [6.07, 6.45) is 2.77. The SMILES string of the molecule is O=C1NN=C/C(=N/N=C/c2cccc(O)c2)C1Cl. The minimum Gasteiger partial charge on any atom is -0.508 e. The maximum atomic E-state index is 11.2. The van der Waals surface area contributed by atoms with Crippen molar-refractivity contribution in [2.75, 3.05) is 0 Å². The lowest BCUT2D eigenvalue weighted by Gasteiger charge is -2.10. The molecule has 18 heavy (non-hydrogen) atoms. The fraction of sp³-hybridized carbons (Fsp3) is 0.0909. The molecule has 0 fully saturated rings. The first kappa shape index (κ1) is 12.3. The summed E-state index contributed by atoms with van der Waals surface area (Å²) in [5.74, 6) is -0.300. The number of alkyl halides is 1. The van der Waals surface area contributed by atoms with Crippen molar-refractivity contribution < 1.29 is 9.90 Å². The second kappa shape index (κ2) is 5.42. The number of halogens is 1. The summed E-state index contributed by atoms with van der Waals surface area (Å²) in [5, 5.41) is 19.5. The van der Waals surface area contributed by atoms with E-state index in [0.29, 0.717) is 5.56 Å². The number of hydrogen-bond acceptors (Lipinski definition) is 5. The molecule has 1 unspecified atom stereocenters. The molecule has 1 aliphatic rings. The Bertz CT molecular complexity index is 554. The highest BCUT2D eigenvalue weighted by Gasteiger charge is 2.23. The molecule has 1 aromatic rings. The van der Waals surface area contributed by atoms with Crippen molar-refractivity contribution in [3.8, 4) is 5.75 Å². The first-order chi connectivity index (χ1) is 8.66. The van der Waals surface area contributed by atoms with E-state index in [1.165, 1.54) is 18.5 Å². The van der Waals surface area contributed by atoms with Crippen molar-refractivity contribution in [2.45, 2.75) is 5.38 Å². The lowest BCUT2D eigenvalue weighted by molar-refractivity contribution is -0.119. The maximum Gasteiger partial charge on any atom is 0.264 e. The molecule has 0 saturated heterocycles. The normalized spacial score (nSPS) is 21.5. The van der Waals surface area contributed by atoms with Gasteiger partial charge in [0.1, 0.15) is 11.5 Å². The predicted molar refractivity (Wildman–Crippen MR) is 69.4 cm³/mol. The molecular weight excluding hydrogens is 256 g/mol. The van der Waals surface area contributed by atoms with Gasteiger partial charge in [-0.2, -0.15) is 15.3 Å². The van der Waals surface area contributed by atoms with E-state index in [1.807, 2.05) is 0 Å². The Hall–Kier alpha value is -2.21. The molecule has 2 rings (SSSR count). The van der Waals surface area contributed by atoms with Gasteiger partial charge in [-0.15, -0.1) is 11.6 Å². The summed E-state index contributed by atoms with van der Waals surface area (Å²) in [5.41, 5.74) is 3.15. The number of rotatable bonds is 2. The fourth-order valence-corrected chi connectivity index (χ4v) is 1.41. The van der Waals surface area contributed by atoms with Crippen molar-refractivity contribution in [3.05, 3.63) is 29.8 Å². The van der Waals surface area contributed by atoms with Crippen LogP contribution in [0.15, 0.2) is 39.6 Å². The maximum absolute atomic E-state index is 11.2. The van der Waals surface area contributed by atoms with Crippen LogP contribution in [0.3, 0.4) is 0 Å². The number of hydrazone groups is 1. The van der Waals surface area contributed by atoms with E-state index in [2.05, 4.69) is 20.7 Å². The molecule has 1 atom stereocenters. The zero-order valence-electron chi connectivity index (χ0n) is 9.12. The molecule has 0 bridgehead atoms. The first-order valence-corrected chi connectivity index (χ1v) is 5.47. The number of phenols is 1. The molecule has 1 heterocycles. The largest absolute Gasteiger partial charge is 0.508 e. The molecule has 1 aliphatic heterocycles. The number of benzene rings is 1. The van der Waals surface area contributed by atoms with Gasteiger partial charge in [0.15, 0.2) is 5.38 Å². The van der Waals surface area contributed by atoms with Crippen LogP contribution in [-0.4, -0.2) is 34.5 Å². The van der Waals surface area contributed by atoms with Crippen LogP contribution in [0.5, 0.6) is 5.75 Å². The highest BCUT2D eigenvalue weighted by molar-refractivity contribution is 6.54. The molecule has 7 heteroatoms. The van der Waals surface area contributed by atoms with Gasteiger partial charge in [0.25, 0.3) is 5.91 Å². The zero-order chi connectivity index (χ0) is 13.0. The third-order valence-corrected chi connectivity index (χ3v) is 2.53. The first-order valence-electron chi connectivity index (χ1n) is 5.04. The van der Waals surface area contributed by atoms with Gasteiger partial charge in [-0.25, -0.2) is 5.43 Å². The molecule has 0 aliphatic carbocycles. The number of phenolic OH excluding ortho intramolecular Hbond substituents is 1. The summed E-state index contributed by atoms with van der Waals surface area (Å²) in [7, 11) is 0. The summed E-state index contributed by atoms with van der Waals surface area (Å²) in [4.78, 5) is 11.2. The smallest absolute Gasteiger partial charge is 0.264 e. The Morgan fingerprint density at radius 3 is 3.11 bits per heavy atom. The average Bonchev–Trinajstić information content (AvgIpc) is 2.35. The Kier molecular flexibility index (Phi) is 3.69. The molecule has 2 N–H and O–H groups in total. The van der Waals surface area contributed by atoms with Gasteiger partial charge in [-0.1, -0.05) is 12.1 Å². The van der Waals surface area contributed by atoms with E-state index in [9.17, 15) is 9.90 Å². The molecule has 0 saturated carbocycles. The van der Waals surface area contributed by atoms with Gasteiger partial charge in [0, 0.05) is 0 Å². The lowest BCUT2D eigenvalue weighted by atomic mass is 10.2. The molecule has 1 aromatic carbocycles. The zero-order valence-corrected chi connectivity index (χ0v) is 9.87. The van der Waals surface area contributed by atoms with Gasteiger partial charge in [0.05, 0.1) is 12.4 Å². The van der Waals surface area contributed by atoms with E-state index in [1.54, 1.807) is 18.2 Å². The van der Waals surface area contributed by atoms with Gasteiger partial charge < -0.3 is 5.11 Å². The Labute approximate surface area is 108 Å². The number of aromatic hydroxyl groups is 1. The number of nitrogens with zero attached hydrogens (tertiary/aromatic N) is 3. The number of carbonyl (C=O) groups excluding carboxylic acids is 1. The summed E-state index contributed by atoms with van der Waals surface area (Å²) in [6.45, 7) is 0. The molecule has 1 amide bonds. The van der Waals surface area contributed by atoms with Crippen LogP contribution < -0.4 is 5.43 Å². The van der Waals surface area contributed by atoms with Gasteiger partial charge >= 0.3 is 0 Å². The summed E-state index contributed by atoms with van der Waals surface area (Å²) < 4.78 is 0. The molecule has 0 spiro atoms. The fourth-order valence-electron chi connectivity index (χ4n) is 1.26. The molecule has 6 nitrogen and oxygen atoms in total. The van der Waals surface area contributed by atoms with Gasteiger partial charge in [-0.3, -0.25) is 4.79 Å². The van der Waals surface area contributed by atoms with Crippen LogP contribution in [0.1, 0.15) is 5.56 Å². The van der Waals surface area contributed by atoms with Crippen LogP contribution in [0, 0.1) is 0 Å². The van der Waals surface area contributed by atoms with E-state index in [-0.39, 0.29) is 11.5 Å². The second-order valence-electron chi connectivity index (χ2n) is 3.46. The Balaban J connectivity index is 2.13. The van der Waals surface area contributed by atoms with Crippen molar-refractivity contribution >= 4 is 35.6 Å². The minimum absolute atomic E-state index is 0.139. The van der Waals surface area contributed by atoms with E-state index in [0.717, 1.165) is 0 Å². The number of amides is 1. The third kappa shape index (κ3) is 2.92. The van der Waals surface area contributed by atoms with Crippen molar-refractivity contribution in [1.29, 1.82) is 0 Å². The van der Waals surface area contributed by atoms with Crippen LogP contribution >= 0.6 is 11.6 Å². The average molecular weight is 265 g/mol. The molecule has 92 valence electrons. The summed E-state index contributed by atoms with van der Waals surface area (Å²) >= 11 is 5.79. The van der Waals surface area contributed by atoms with Crippen LogP contribution in [0.2, 0.25) is 0 Å². The summed E-state index contributed by atoms with van der Waals surface area (Å²) in [6, 6.07) is 6.52. The minimum atomic E-state index is -0.899. The highest BCUT2D eigenvalue weighted by Crippen LogP contribution is 2.09. The van der Waals surface area contributed by atoms with Crippen molar-refractivity contribution in [3.63, 3.8) is 0 Å². The standard InChI is InChI=1S/C11H9ClN4O2/c12-10-9(6-14-16-11(10)18)15-13-5-7-2-1-3-8(17)4-7/h1-6,10,17H,(H,16,18)/b13-5+,15-9-. The second-order valence-corrected chi connectivity index (χ2v) is 3.90. The monoisotopic (exact) mass is 264 g/mol. The quantitative estimate of drug-likeness (QED) is 0.472. The Morgan fingerprint density at radius 2 is 2.33 bits per heavy atom.